The van der Waals surface area contributed by atoms with Crippen LogP contribution in [0.2, 0.25) is 5.02 Å². The monoisotopic (exact) mass is 335 g/mol. The Morgan fingerprint density at radius 3 is 2.84 bits per heavy atom. The van der Waals surface area contributed by atoms with Crippen LogP contribution in [0.25, 0.3) is 16.9 Å². The lowest BCUT2D eigenvalue weighted by Crippen LogP contribution is -1.92. The van der Waals surface area contributed by atoms with E-state index in [0.717, 1.165) is 27.2 Å². The van der Waals surface area contributed by atoms with Crippen LogP contribution in [0.4, 0.5) is 5.69 Å². The molecule has 3 nitrogen and oxygen atoms in total. The van der Waals surface area contributed by atoms with E-state index >= 15 is 0 Å². The second kappa shape index (κ2) is 4.87. The van der Waals surface area contributed by atoms with Crippen molar-refractivity contribution in [2.24, 2.45) is 0 Å². The Balaban J connectivity index is 2.25. The zero-order chi connectivity index (χ0) is 13.4. The molecule has 0 spiro atoms. The quantitative estimate of drug-likeness (QED) is 0.748. The third-order valence-corrected chi connectivity index (χ3v) is 3.79. The predicted octanol–water partition coefficient (Wildman–Crippen LogP) is 4.46. The van der Waals surface area contributed by atoms with Gasteiger partial charge in [0.1, 0.15) is 10.4 Å². The second-order valence-corrected chi connectivity index (χ2v) is 5.34. The van der Waals surface area contributed by atoms with Crippen molar-refractivity contribution in [3.8, 4) is 11.4 Å². The molecule has 0 radical (unpaired) electrons. The van der Waals surface area contributed by atoms with Gasteiger partial charge in [0.05, 0.1) is 5.52 Å². The highest BCUT2D eigenvalue weighted by molar-refractivity contribution is 9.10. The van der Waals surface area contributed by atoms with Gasteiger partial charge < -0.3 is 5.32 Å². The summed E-state index contributed by atoms with van der Waals surface area (Å²) in [5.74, 6) is 0.868. The van der Waals surface area contributed by atoms with Gasteiger partial charge in [0, 0.05) is 29.5 Å². The minimum Gasteiger partial charge on any atom is -0.388 e. The summed E-state index contributed by atoms with van der Waals surface area (Å²) < 4.78 is 2.86. The number of rotatable bonds is 2. The molecule has 2 aromatic heterocycles. The number of pyridine rings is 1. The van der Waals surface area contributed by atoms with Gasteiger partial charge in [-0.2, -0.15) is 0 Å². The maximum absolute atomic E-state index is 6.04. The number of nitrogens with zero attached hydrogens (tertiary/aromatic N) is 2. The standard InChI is InChI=1S/C14H11BrClN3/c1-17-11-5-6-19-12(8-11)13(15)18-14(19)9-3-2-4-10(16)7-9/h2-8,17H,1H3. The maximum atomic E-state index is 6.04. The minimum absolute atomic E-state index is 0.706. The van der Waals surface area contributed by atoms with Crippen LogP contribution in [0.1, 0.15) is 0 Å². The van der Waals surface area contributed by atoms with Crippen molar-refractivity contribution in [2.45, 2.75) is 0 Å². The number of aromatic nitrogens is 2. The molecule has 0 aliphatic carbocycles. The van der Waals surface area contributed by atoms with E-state index in [-0.39, 0.29) is 0 Å². The normalized spacial score (nSPS) is 10.9. The Hall–Kier alpha value is -1.52. The Morgan fingerprint density at radius 2 is 2.11 bits per heavy atom. The molecule has 19 heavy (non-hydrogen) atoms. The first-order chi connectivity index (χ1) is 9.19. The Bertz CT molecular complexity index is 752. The molecule has 1 aromatic carbocycles. The van der Waals surface area contributed by atoms with Gasteiger partial charge in [-0.15, -0.1) is 0 Å². The van der Waals surface area contributed by atoms with Crippen molar-refractivity contribution in [2.75, 3.05) is 12.4 Å². The molecular formula is C14H11BrClN3. The first-order valence-corrected chi connectivity index (χ1v) is 6.97. The van der Waals surface area contributed by atoms with Gasteiger partial charge in [-0.1, -0.05) is 23.7 Å². The zero-order valence-corrected chi connectivity index (χ0v) is 12.5. The number of halogens is 2. The molecule has 0 saturated carbocycles. The fourth-order valence-electron chi connectivity index (χ4n) is 2.03. The number of hydrogen-bond donors (Lipinski definition) is 1. The smallest absolute Gasteiger partial charge is 0.145 e. The summed E-state index contributed by atoms with van der Waals surface area (Å²) in [6.07, 6.45) is 2.00. The van der Waals surface area contributed by atoms with Crippen LogP contribution >= 0.6 is 27.5 Å². The average molecular weight is 337 g/mol. The number of benzene rings is 1. The average Bonchev–Trinajstić information content (AvgIpc) is 2.76. The number of anilines is 1. The number of hydrogen-bond acceptors (Lipinski definition) is 2. The molecular weight excluding hydrogens is 326 g/mol. The Morgan fingerprint density at radius 1 is 1.26 bits per heavy atom. The van der Waals surface area contributed by atoms with Crippen molar-refractivity contribution in [3.05, 3.63) is 52.2 Å². The van der Waals surface area contributed by atoms with Gasteiger partial charge in [0.2, 0.25) is 0 Å². The summed E-state index contributed by atoms with van der Waals surface area (Å²) in [5.41, 5.74) is 3.05. The van der Waals surface area contributed by atoms with Gasteiger partial charge in [-0.3, -0.25) is 4.40 Å². The first kappa shape index (κ1) is 12.5. The molecule has 96 valence electrons. The van der Waals surface area contributed by atoms with Crippen molar-refractivity contribution < 1.29 is 0 Å². The van der Waals surface area contributed by atoms with Crippen molar-refractivity contribution >= 4 is 38.7 Å². The number of fused-ring (bicyclic) bond motifs is 1. The Kier molecular flexibility index (Phi) is 3.21. The van der Waals surface area contributed by atoms with E-state index in [2.05, 4.69) is 26.2 Å². The molecule has 0 fully saturated rings. The lowest BCUT2D eigenvalue weighted by atomic mass is 10.2. The van der Waals surface area contributed by atoms with Crippen LogP contribution in [0, 0.1) is 0 Å². The van der Waals surface area contributed by atoms with Crippen molar-refractivity contribution in [3.63, 3.8) is 0 Å². The molecule has 0 saturated heterocycles. The SMILES string of the molecule is CNc1ccn2c(-c3cccc(Cl)c3)nc(Br)c2c1. The molecule has 3 rings (SSSR count). The highest BCUT2D eigenvalue weighted by atomic mass is 79.9. The lowest BCUT2D eigenvalue weighted by molar-refractivity contribution is 1.16. The number of imidazole rings is 1. The minimum atomic E-state index is 0.706. The highest BCUT2D eigenvalue weighted by Gasteiger charge is 2.11. The summed E-state index contributed by atoms with van der Waals surface area (Å²) in [6, 6.07) is 11.7. The molecule has 0 bridgehead atoms. The Labute approximate surface area is 124 Å². The van der Waals surface area contributed by atoms with Crippen LogP contribution in [0.5, 0.6) is 0 Å². The molecule has 2 heterocycles. The molecule has 1 N–H and O–H groups in total. The third-order valence-electron chi connectivity index (χ3n) is 2.97. The number of nitrogens with one attached hydrogen (secondary N) is 1. The fourth-order valence-corrected chi connectivity index (χ4v) is 2.70. The molecule has 0 amide bonds. The third kappa shape index (κ3) is 2.22. The van der Waals surface area contributed by atoms with E-state index in [0.29, 0.717) is 5.02 Å². The summed E-state index contributed by atoms with van der Waals surface area (Å²) in [6.45, 7) is 0. The van der Waals surface area contributed by atoms with E-state index in [1.807, 2.05) is 54.0 Å². The van der Waals surface area contributed by atoms with Crippen molar-refractivity contribution in [1.29, 1.82) is 0 Å². The maximum Gasteiger partial charge on any atom is 0.145 e. The first-order valence-electron chi connectivity index (χ1n) is 5.80. The van der Waals surface area contributed by atoms with Crippen molar-refractivity contribution in [1.82, 2.24) is 9.38 Å². The highest BCUT2D eigenvalue weighted by Crippen LogP contribution is 2.28. The summed E-state index contributed by atoms with van der Waals surface area (Å²) in [5, 5.41) is 3.83. The van der Waals surface area contributed by atoms with Gasteiger partial charge >= 0.3 is 0 Å². The second-order valence-electron chi connectivity index (χ2n) is 4.16. The predicted molar refractivity (Wildman–Crippen MR) is 82.9 cm³/mol. The van der Waals surface area contributed by atoms with Gasteiger partial charge in [-0.05, 0) is 40.2 Å². The molecule has 0 aliphatic rings. The largest absolute Gasteiger partial charge is 0.388 e. The van der Waals surface area contributed by atoms with E-state index in [9.17, 15) is 0 Å². The molecule has 0 unspecified atom stereocenters. The van der Waals surface area contributed by atoms with E-state index in [1.165, 1.54) is 0 Å². The van der Waals surface area contributed by atoms with E-state index in [4.69, 9.17) is 11.6 Å². The van der Waals surface area contributed by atoms with E-state index in [1.54, 1.807) is 0 Å². The van der Waals surface area contributed by atoms with Crippen LogP contribution in [0.15, 0.2) is 47.2 Å². The summed E-state index contributed by atoms with van der Waals surface area (Å²) >= 11 is 9.55. The van der Waals surface area contributed by atoms with Gasteiger partial charge in [0.25, 0.3) is 0 Å². The molecule has 3 aromatic rings. The van der Waals surface area contributed by atoms with E-state index < -0.39 is 0 Å². The topological polar surface area (TPSA) is 29.3 Å². The molecule has 5 heteroatoms. The van der Waals surface area contributed by atoms with Gasteiger partial charge in [0.15, 0.2) is 0 Å². The van der Waals surface area contributed by atoms with Gasteiger partial charge in [-0.25, -0.2) is 4.98 Å². The zero-order valence-electron chi connectivity index (χ0n) is 10.2. The fraction of sp³-hybridized carbons (Fsp3) is 0.0714. The summed E-state index contributed by atoms with van der Waals surface area (Å²) in [7, 11) is 1.90. The molecule has 0 atom stereocenters. The van der Waals surface area contributed by atoms with Crippen LogP contribution in [0.3, 0.4) is 0 Å². The van der Waals surface area contributed by atoms with Crippen LogP contribution in [-0.4, -0.2) is 16.4 Å². The van der Waals surface area contributed by atoms with Crippen LogP contribution in [-0.2, 0) is 0 Å². The lowest BCUT2D eigenvalue weighted by Gasteiger charge is -2.04. The van der Waals surface area contributed by atoms with Crippen LogP contribution < -0.4 is 5.32 Å². The molecule has 0 aliphatic heterocycles. The summed E-state index contributed by atoms with van der Waals surface area (Å²) in [4.78, 5) is 4.57.